The first-order valence-corrected chi connectivity index (χ1v) is 6.49. The van der Waals surface area contributed by atoms with Crippen LogP contribution in [0.2, 0.25) is 5.02 Å². The Hall–Kier alpha value is -1.47. The van der Waals surface area contributed by atoms with E-state index in [1.807, 2.05) is 0 Å². The maximum atomic E-state index is 12.7. The zero-order chi connectivity index (χ0) is 14.9. The number of nitrogens with one attached hydrogen (secondary N) is 1. The van der Waals surface area contributed by atoms with Crippen molar-refractivity contribution in [3.63, 3.8) is 0 Å². The Morgan fingerprint density at radius 3 is 2.50 bits per heavy atom. The SMILES string of the molecule is Nc1cc(C(F)(F)F)cc(Nc2ccc(Br)cc2Cl)n1. The van der Waals surface area contributed by atoms with Crippen LogP contribution in [-0.4, -0.2) is 4.98 Å². The summed E-state index contributed by atoms with van der Waals surface area (Å²) >= 11 is 9.21. The first-order chi connectivity index (χ1) is 9.25. The lowest BCUT2D eigenvalue weighted by molar-refractivity contribution is -0.137. The van der Waals surface area contributed by atoms with Gasteiger partial charge in [-0.3, -0.25) is 0 Å². The van der Waals surface area contributed by atoms with Crippen LogP contribution in [0.1, 0.15) is 5.56 Å². The van der Waals surface area contributed by atoms with Crippen molar-refractivity contribution in [2.75, 3.05) is 11.1 Å². The number of nitrogen functional groups attached to an aromatic ring is 1. The number of benzene rings is 1. The molecule has 2 rings (SSSR count). The van der Waals surface area contributed by atoms with Gasteiger partial charge in [-0.25, -0.2) is 4.98 Å². The van der Waals surface area contributed by atoms with Crippen molar-refractivity contribution in [2.45, 2.75) is 6.18 Å². The van der Waals surface area contributed by atoms with Crippen molar-refractivity contribution < 1.29 is 13.2 Å². The lowest BCUT2D eigenvalue weighted by atomic mass is 10.2. The van der Waals surface area contributed by atoms with E-state index >= 15 is 0 Å². The van der Waals surface area contributed by atoms with Crippen LogP contribution in [0.4, 0.5) is 30.5 Å². The highest BCUT2D eigenvalue weighted by molar-refractivity contribution is 9.10. The fourth-order valence-corrected chi connectivity index (χ4v) is 2.23. The van der Waals surface area contributed by atoms with Gasteiger partial charge in [0, 0.05) is 4.47 Å². The van der Waals surface area contributed by atoms with E-state index in [1.54, 1.807) is 18.2 Å². The fourth-order valence-electron chi connectivity index (χ4n) is 1.51. The van der Waals surface area contributed by atoms with Crippen LogP contribution >= 0.6 is 27.5 Å². The van der Waals surface area contributed by atoms with Crippen molar-refractivity contribution in [3.05, 3.63) is 45.4 Å². The van der Waals surface area contributed by atoms with Crippen molar-refractivity contribution in [3.8, 4) is 0 Å². The van der Waals surface area contributed by atoms with Crippen LogP contribution in [0.25, 0.3) is 0 Å². The Morgan fingerprint density at radius 1 is 1.20 bits per heavy atom. The van der Waals surface area contributed by atoms with Gasteiger partial charge in [0.15, 0.2) is 0 Å². The van der Waals surface area contributed by atoms with E-state index < -0.39 is 11.7 Å². The largest absolute Gasteiger partial charge is 0.416 e. The molecule has 0 spiro atoms. The number of halogens is 5. The molecule has 0 aliphatic carbocycles. The second-order valence-electron chi connectivity index (χ2n) is 3.91. The van der Waals surface area contributed by atoms with Crippen molar-refractivity contribution in [1.82, 2.24) is 4.98 Å². The molecule has 0 atom stereocenters. The van der Waals surface area contributed by atoms with Gasteiger partial charge < -0.3 is 11.1 Å². The summed E-state index contributed by atoms with van der Waals surface area (Å²) in [5, 5.41) is 3.05. The van der Waals surface area contributed by atoms with Crippen LogP contribution in [0, 0.1) is 0 Å². The molecule has 3 nitrogen and oxygen atoms in total. The third-order valence-corrected chi connectivity index (χ3v) is 3.17. The molecule has 0 saturated heterocycles. The van der Waals surface area contributed by atoms with Crippen LogP contribution in [0.5, 0.6) is 0 Å². The zero-order valence-electron chi connectivity index (χ0n) is 9.80. The molecular weight excluding hydrogens is 359 g/mol. The lowest BCUT2D eigenvalue weighted by Crippen LogP contribution is -2.08. The monoisotopic (exact) mass is 365 g/mol. The standard InChI is InChI=1S/C12H8BrClF3N3/c13-7-1-2-9(8(14)5-7)19-11-4-6(12(15,16)17)3-10(18)20-11/h1-5H,(H3,18,19,20). The summed E-state index contributed by atoms with van der Waals surface area (Å²) in [6.07, 6.45) is -4.49. The van der Waals surface area contributed by atoms with E-state index in [4.69, 9.17) is 17.3 Å². The molecule has 1 aromatic heterocycles. The van der Waals surface area contributed by atoms with Gasteiger partial charge in [0.05, 0.1) is 16.3 Å². The summed E-state index contributed by atoms with van der Waals surface area (Å²) in [6.45, 7) is 0. The number of pyridine rings is 1. The van der Waals surface area contributed by atoms with E-state index in [2.05, 4.69) is 26.2 Å². The molecular formula is C12H8BrClF3N3. The maximum Gasteiger partial charge on any atom is 0.416 e. The molecule has 0 radical (unpaired) electrons. The average Bonchev–Trinajstić information content (AvgIpc) is 2.31. The molecule has 0 bridgehead atoms. The maximum absolute atomic E-state index is 12.7. The van der Waals surface area contributed by atoms with Gasteiger partial charge in [-0.15, -0.1) is 0 Å². The second kappa shape index (κ2) is 5.49. The van der Waals surface area contributed by atoms with Gasteiger partial charge in [0.2, 0.25) is 0 Å². The summed E-state index contributed by atoms with van der Waals surface area (Å²) in [6, 6.07) is 6.57. The first kappa shape index (κ1) is 14.9. The molecule has 2 aromatic rings. The van der Waals surface area contributed by atoms with E-state index in [1.165, 1.54) is 0 Å². The molecule has 106 valence electrons. The summed E-state index contributed by atoms with van der Waals surface area (Å²) < 4.78 is 38.8. The van der Waals surface area contributed by atoms with Crippen LogP contribution in [0.15, 0.2) is 34.8 Å². The molecule has 20 heavy (non-hydrogen) atoms. The number of nitrogens with zero attached hydrogens (tertiary/aromatic N) is 1. The Labute approximate surface area is 126 Å². The number of aromatic nitrogens is 1. The highest BCUT2D eigenvalue weighted by atomic mass is 79.9. The van der Waals surface area contributed by atoms with Gasteiger partial charge in [0.1, 0.15) is 11.6 Å². The zero-order valence-corrected chi connectivity index (χ0v) is 12.1. The predicted octanol–water partition coefficient (Wildman–Crippen LogP) is 4.84. The van der Waals surface area contributed by atoms with Crippen molar-refractivity contribution >= 4 is 44.9 Å². The number of hydrogen-bond donors (Lipinski definition) is 2. The van der Waals surface area contributed by atoms with Gasteiger partial charge in [0.25, 0.3) is 0 Å². The molecule has 0 unspecified atom stereocenters. The molecule has 0 fully saturated rings. The quantitative estimate of drug-likeness (QED) is 0.799. The Balaban J connectivity index is 2.36. The minimum absolute atomic E-state index is 0.0263. The van der Waals surface area contributed by atoms with Gasteiger partial charge >= 0.3 is 6.18 Å². The Bertz CT molecular complexity index is 646. The van der Waals surface area contributed by atoms with E-state index in [0.29, 0.717) is 10.7 Å². The summed E-state index contributed by atoms with van der Waals surface area (Å²) in [4.78, 5) is 3.80. The van der Waals surface area contributed by atoms with E-state index in [-0.39, 0.29) is 11.6 Å². The Morgan fingerprint density at radius 2 is 1.90 bits per heavy atom. The molecule has 3 N–H and O–H groups in total. The molecule has 0 aliphatic rings. The average molecular weight is 367 g/mol. The number of hydrogen-bond acceptors (Lipinski definition) is 3. The number of anilines is 3. The Kier molecular flexibility index (Phi) is 4.10. The molecule has 0 saturated carbocycles. The highest BCUT2D eigenvalue weighted by Crippen LogP contribution is 2.33. The van der Waals surface area contributed by atoms with Crippen LogP contribution in [-0.2, 0) is 6.18 Å². The number of nitrogens with two attached hydrogens (primary N) is 1. The predicted molar refractivity (Wildman–Crippen MR) is 76.1 cm³/mol. The summed E-state index contributed by atoms with van der Waals surface area (Å²) in [5.41, 5.74) is 4.94. The molecule has 8 heteroatoms. The smallest absolute Gasteiger partial charge is 0.384 e. The minimum Gasteiger partial charge on any atom is -0.384 e. The van der Waals surface area contributed by atoms with Crippen molar-refractivity contribution in [2.24, 2.45) is 0 Å². The third-order valence-electron chi connectivity index (χ3n) is 2.37. The molecule has 0 amide bonds. The third kappa shape index (κ3) is 3.55. The first-order valence-electron chi connectivity index (χ1n) is 5.32. The fraction of sp³-hybridized carbons (Fsp3) is 0.0833. The van der Waals surface area contributed by atoms with E-state index in [9.17, 15) is 13.2 Å². The molecule has 1 heterocycles. The second-order valence-corrected chi connectivity index (χ2v) is 5.24. The van der Waals surface area contributed by atoms with Crippen LogP contribution < -0.4 is 11.1 Å². The highest BCUT2D eigenvalue weighted by Gasteiger charge is 2.31. The van der Waals surface area contributed by atoms with Gasteiger partial charge in [-0.05, 0) is 30.3 Å². The summed E-state index contributed by atoms with van der Waals surface area (Å²) in [7, 11) is 0. The molecule has 0 aliphatic heterocycles. The number of alkyl halides is 3. The lowest BCUT2D eigenvalue weighted by Gasteiger charge is -2.12. The van der Waals surface area contributed by atoms with Crippen LogP contribution in [0.3, 0.4) is 0 Å². The normalized spacial score (nSPS) is 11.4. The molecule has 1 aromatic carbocycles. The number of rotatable bonds is 2. The van der Waals surface area contributed by atoms with E-state index in [0.717, 1.165) is 16.6 Å². The summed E-state index contributed by atoms with van der Waals surface area (Å²) in [5.74, 6) is -0.253. The topological polar surface area (TPSA) is 50.9 Å². The van der Waals surface area contributed by atoms with Crippen molar-refractivity contribution in [1.29, 1.82) is 0 Å². The minimum atomic E-state index is -4.49. The van der Waals surface area contributed by atoms with Gasteiger partial charge in [-0.2, -0.15) is 13.2 Å². The van der Waals surface area contributed by atoms with Gasteiger partial charge in [-0.1, -0.05) is 27.5 Å².